The third kappa shape index (κ3) is 2.51. The van der Waals surface area contributed by atoms with E-state index in [1.54, 1.807) is 0 Å². The van der Waals surface area contributed by atoms with Crippen LogP contribution in [0.5, 0.6) is 0 Å². The van der Waals surface area contributed by atoms with Crippen LogP contribution in [0.4, 0.5) is 0 Å². The quantitative estimate of drug-likeness (QED) is 0.784. The molecule has 98 valence electrons. The number of amides is 1. The first-order chi connectivity index (χ1) is 7.72. The topological polar surface area (TPSA) is 29.1 Å². The summed E-state index contributed by atoms with van der Waals surface area (Å²) in [6, 6.07) is 0.454. The summed E-state index contributed by atoms with van der Waals surface area (Å²) in [5.41, 5.74) is 0.369. The van der Waals surface area contributed by atoms with Crippen molar-refractivity contribution in [3.05, 3.63) is 0 Å². The summed E-state index contributed by atoms with van der Waals surface area (Å²) in [5, 5.41) is 3.18. The van der Waals surface area contributed by atoms with Gasteiger partial charge in [0, 0.05) is 11.5 Å². The third-order valence-electron chi connectivity index (χ3n) is 4.71. The van der Waals surface area contributed by atoms with Gasteiger partial charge in [-0.05, 0) is 42.9 Å². The number of rotatable bonds is 2. The first-order valence-electron chi connectivity index (χ1n) is 7.03. The highest BCUT2D eigenvalue weighted by Crippen LogP contribution is 2.60. The van der Waals surface area contributed by atoms with Gasteiger partial charge in [-0.1, -0.05) is 34.6 Å². The van der Waals surface area contributed by atoms with Gasteiger partial charge in [0.05, 0.1) is 0 Å². The molecule has 0 atom stereocenters. The van der Waals surface area contributed by atoms with Crippen molar-refractivity contribution in [3.63, 3.8) is 0 Å². The van der Waals surface area contributed by atoms with Crippen LogP contribution in [0.25, 0.3) is 0 Å². The Labute approximate surface area is 106 Å². The molecule has 2 fully saturated rings. The Hall–Kier alpha value is -0.530. The lowest BCUT2D eigenvalue weighted by Gasteiger charge is -2.59. The molecule has 2 rings (SSSR count). The first kappa shape index (κ1) is 12.9. The fourth-order valence-corrected chi connectivity index (χ4v) is 3.35. The van der Waals surface area contributed by atoms with Crippen molar-refractivity contribution in [3.8, 4) is 0 Å². The highest BCUT2D eigenvalue weighted by Gasteiger charge is 2.53. The number of carbonyl (C=O) groups excluding carboxylic acids is 1. The predicted octanol–water partition coefficient (Wildman–Crippen LogP) is 3.36. The van der Waals surface area contributed by atoms with Gasteiger partial charge in [-0.2, -0.15) is 0 Å². The van der Waals surface area contributed by atoms with E-state index in [9.17, 15) is 4.79 Å². The van der Waals surface area contributed by atoms with Crippen LogP contribution in [-0.2, 0) is 4.79 Å². The van der Waals surface area contributed by atoms with Gasteiger partial charge in [0.15, 0.2) is 0 Å². The molecule has 1 N–H and O–H groups in total. The third-order valence-corrected chi connectivity index (χ3v) is 4.71. The number of hydrogen-bond acceptors (Lipinski definition) is 1. The molecule has 0 unspecified atom stereocenters. The van der Waals surface area contributed by atoms with E-state index in [1.165, 1.54) is 25.7 Å². The lowest BCUT2D eigenvalue weighted by molar-refractivity contribution is -0.133. The van der Waals surface area contributed by atoms with E-state index in [1.807, 2.05) is 20.8 Å². The van der Waals surface area contributed by atoms with Gasteiger partial charge in [0.2, 0.25) is 5.91 Å². The zero-order chi connectivity index (χ0) is 12.8. The summed E-state index contributed by atoms with van der Waals surface area (Å²) in [7, 11) is 0. The SMILES string of the molecule is CC(C)C1CC2(CC(NC(=O)C(C)(C)C)C2)C1. The summed E-state index contributed by atoms with van der Waals surface area (Å²) < 4.78 is 0. The Morgan fingerprint density at radius 3 is 2.12 bits per heavy atom. The predicted molar refractivity (Wildman–Crippen MR) is 70.6 cm³/mol. The smallest absolute Gasteiger partial charge is 0.225 e. The molecule has 0 aromatic carbocycles. The van der Waals surface area contributed by atoms with Crippen LogP contribution in [0, 0.1) is 22.7 Å². The summed E-state index contributed by atoms with van der Waals surface area (Å²) >= 11 is 0. The molecule has 0 heterocycles. The first-order valence-corrected chi connectivity index (χ1v) is 7.03. The fraction of sp³-hybridized carbons (Fsp3) is 0.933. The van der Waals surface area contributed by atoms with E-state index in [2.05, 4.69) is 19.2 Å². The molecule has 2 nitrogen and oxygen atoms in total. The van der Waals surface area contributed by atoms with E-state index >= 15 is 0 Å². The van der Waals surface area contributed by atoms with Crippen molar-refractivity contribution in [1.29, 1.82) is 0 Å². The monoisotopic (exact) mass is 237 g/mol. The van der Waals surface area contributed by atoms with E-state index in [-0.39, 0.29) is 11.3 Å². The molecule has 17 heavy (non-hydrogen) atoms. The summed E-state index contributed by atoms with van der Waals surface area (Å²) in [5.74, 6) is 1.98. The van der Waals surface area contributed by atoms with Gasteiger partial charge >= 0.3 is 0 Å². The summed E-state index contributed by atoms with van der Waals surface area (Å²) in [6.07, 6.45) is 5.23. The molecule has 2 aliphatic carbocycles. The Morgan fingerprint density at radius 1 is 1.18 bits per heavy atom. The molecule has 0 aromatic heterocycles. The van der Waals surface area contributed by atoms with Gasteiger partial charge in [0.1, 0.15) is 0 Å². The second-order valence-electron chi connectivity index (χ2n) is 7.74. The second-order valence-corrected chi connectivity index (χ2v) is 7.74. The van der Waals surface area contributed by atoms with Gasteiger partial charge in [-0.25, -0.2) is 0 Å². The molecule has 0 radical (unpaired) electrons. The standard InChI is InChI=1S/C15H27NO/c1-10(2)11-6-15(7-11)8-12(9-15)16-13(17)14(3,4)5/h10-12H,6-9H2,1-5H3,(H,16,17). The van der Waals surface area contributed by atoms with Gasteiger partial charge < -0.3 is 5.32 Å². The maximum atomic E-state index is 11.8. The minimum Gasteiger partial charge on any atom is -0.353 e. The van der Waals surface area contributed by atoms with E-state index in [0.29, 0.717) is 11.5 Å². The lowest BCUT2D eigenvalue weighted by Crippen LogP contribution is -2.58. The van der Waals surface area contributed by atoms with Crippen LogP contribution < -0.4 is 5.32 Å². The molecule has 2 saturated carbocycles. The summed E-state index contributed by atoms with van der Waals surface area (Å²) in [4.78, 5) is 11.8. The van der Waals surface area contributed by atoms with Crippen molar-refractivity contribution < 1.29 is 4.79 Å². The maximum absolute atomic E-state index is 11.8. The highest BCUT2D eigenvalue weighted by molar-refractivity contribution is 5.81. The molecule has 0 saturated heterocycles. The van der Waals surface area contributed by atoms with E-state index < -0.39 is 0 Å². The lowest BCUT2D eigenvalue weighted by atomic mass is 9.48. The van der Waals surface area contributed by atoms with Crippen LogP contribution in [0.3, 0.4) is 0 Å². The molecule has 1 amide bonds. The molecular formula is C15H27NO. The van der Waals surface area contributed by atoms with Gasteiger partial charge in [0.25, 0.3) is 0 Å². The fourth-order valence-electron chi connectivity index (χ4n) is 3.35. The zero-order valence-corrected chi connectivity index (χ0v) is 12.0. The van der Waals surface area contributed by atoms with Crippen LogP contribution in [0.2, 0.25) is 0 Å². The molecule has 2 aliphatic rings. The molecule has 0 aliphatic heterocycles. The molecule has 0 bridgehead atoms. The van der Waals surface area contributed by atoms with Crippen LogP contribution in [0.15, 0.2) is 0 Å². The molecule has 1 spiro atoms. The minimum atomic E-state index is -0.247. The van der Waals surface area contributed by atoms with Crippen molar-refractivity contribution in [1.82, 2.24) is 5.32 Å². The van der Waals surface area contributed by atoms with E-state index in [0.717, 1.165) is 11.8 Å². The van der Waals surface area contributed by atoms with Crippen LogP contribution >= 0.6 is 0 Å². The average Bonchev–Trinajstić information content (AvgIpc) is 2.03. The van der Waals surface area contributed by atoms with Crippen molar-refractivity contribution in [2.45, 2.75) is 66.3 Å². The Morgan fingerprint density at radius 2 is 1.71 bits per heavy atom. The van der Waals surface area contributed by atoms with Crippen molar-refractivity contribution >= 4 is 5.91 Å². The number of hydrogen-bond donors (Lipinski definition) is 1. The van der Waals surface area contributed by atoms with Crippen LogP contribution in [-0.4, -0.2) is 11.9 Å². The zero-order valence-electron chi connectivity index (χ0n) is 12.0. The van der Waals surface area contributed by atoms with Gasteiger partial charge in [-0.3, -0.25) is 4.79 Å². The normalized spacial score (nSPS) is 36.6. The second kappa shape index (κ2) is 4.00. The highest BCUT2D eigenvalue weighted by atomic mass is 16.2. The minimum absolute atomic E-state index is 0.206. The number of nitrogens with one attached hydrogen (secondary N) is 1. The van der Waals surface area contributed by atoms with Crippen molar-refractivity contribution in [2.75, 3.05) is 0 Å². The average molecular weight is 237 g/mol. The molecule has 0 aromatic rings. The maximum Gasteiger partial charge on any atom is 0.225 e. The van der Waals surface area contributed by atoms with Crippen molar-refractivity contribution in [2.24, 2.45) is 22.7 Å². The van der Waals surface area contributed by atoms with Gasteiger partial charge in [-0.15, -0.1) is 0 Å². The van der Waals surface area contributed by atoms with Crippen LogP contribution in [0.1, 0.15) is 60.3 Å². The Bertz CT molecular complexity index is 299. The van der Waals surface area contributed by atoms with E-state index in [4.69, 9.17) is 0 Å². The largest absolute Gasteiger partial charge is 0.353 e. The number of carbonyl (C=O) groups is 1. The Balaban J connectivity index is 1.72. The summed E-state index contributed by atoms with van der Waals surface area (Å²) in [6.45, 7) is 10.6. The Kier molecular flexibility index (Phi) is 3.04. The molecule has 2 heteroatoms. The molecular weight excluding hydrogens is 210 g/mol.